The van der Waals surface area contributed by atoms with Crippen LogP contribution in [0.2, 0.25) is 5.02 Å². The maximum Gasteiger partial charge on any atom is 0.271 e. The molecule has 0 saturated heterocycles. The number of primary amides is 1. The third-order valence-electron chi connectivity index (χ3n) is 4.27. The highest BCUT2D eigenvalue weighted by molar-refractivity contribution is 6.30. The number of hydrogen-bond acceptors (Lipinski definition) is 8. The summed E-state index contributed by atoms with van der Waals surface area (Å²) in [6.07, 6.45) is 1.44. The van der Waals surface area contributed by atoms with Crippen LogP contribution in [0.25, 0.3) is 5.65 Å². The van der Waals surface area contributed by atoms with Crippen LogP contribution >= 0.6 is 11.6 Å². The van der Waals surface area contributed by atoms with Crippen molar-refractivity contribution in [2.75, 3.05) is 11.1 Å². The van der Waals surface area contributed by atoms with Gasteiger partial charge in [-0.1, -0.05) is 17.7 Å². The Labute approximate surface area is 169 Å². The Morgan fingerprint density at radius 1 is 1.24 bits per heavy atom. The van der Waals surface area contributed by atoms with Crippen LogP contribution in [0, 0.1) is 0 Å². The molecule has 5 N–H and O–H groups in total. The molecule has 0 radical (unpaired) electrons. The predicted molar refractivity (Wildman–Crippen MR) is 108 cm³/mol. The van der Waals surface area contributed by atoms with Gasteiger partial charge in [0.05, 0.1) is 17.8 Å². The Morgan fingerprint density at radius 3 is 2.79 bits per heavy atom. The smallest absolute Gasteiger partial charge is 0.271 e. The fraction of sp³-hybridized carbons (Fsp3) is 0.111. The van der Waals surface area contributed by atoms with Gasteiger partial charge in [-0.15, -0.1) is 15.3 Å². The number of fused-ring (bicyclic) bond motifs is 1. The van der Waals surface area contributed by atoms with E-state index in [-0.39, 0.29) is 17.4 Å². The second-order valence-electron chi connectivity index (χ2n) is 6.30. The molecule has 1 atom stereocenters. The fourth-order valence-electron chi connectivity index (χ4n) is 2.80. The van der Waals surface area contributed by atoms with Crippen molar-refractivity contribution in [2.24, 2.45) is 5.73 Å². The van der Waals surface area contributed by atoms with Crippen LogP contribution < -0.4 is 16.8 Å². The second-order valence-corrected chi connectivity index (χ2v) is 6.73. The Bertz CT molecular complexity index is 1220. The first-order valence-electron chi connectivity index (χ1n) is 8.59. The summed E-state index contributed by atoms with van der Waals surface area (Å²) in [4.78, 5) is 19.5. The number of carbonyl (C=O) groups is 1. The molecule has 0 aliphatic heterocycles. The van der Waals surface area contributed by atoms with Gasteiger partial charge < -0.3 is 16.8 Å². The highest BCUT2D eigenvalue weighted by Crippen LogP contribution is 2.24. The molecule has 0 spiro atoms. The molecule has 4 rings (SSSR count). The molecule has 4 aromatic rings. The number of nitrogens with two attached hydrogens (primary N) is 2. The van der Waals surface area contributed by atoms with E-state index in [1.165, 1.54) is 6.20 Å². The van der Waals surface area contributed by atoms with Gasteiger partial charge in [0.25, 0.3) is 5.91 Å². The number of nitrogens with zero attached hydrogens (tertiary/aromatic N) is 6. The van der Waals surface area contributed by atoms with Gasteiger partial charge in [0, 0.05) is 10.7 Å². The number of nitrogen functional groups attached to an aromatic ring is 1. The third-order valence-corrected chi connectivity index (χ3v) is 4.50. The summed E-state index contributed by atoms with van der Waals surface area (Å²) in [5.41, 5.74) is 12.8. The van der Waals surface area contributed by atoms with Crippen molar-refractivity contribution in [3.8, 4) is 0 Å². The van der Waals surface area contributed by atoms with Crippen LogP contribution in [-0.2, 0) is 0 Å². The molecule has 146 valence electrons. The van der Waals surface area contributed by atoms with E-state index in [1.54, 1.807) is 28.8 Å². The lowest BCUT2D eigenvalue weighted by Gasteiger charge is -2.11. The highest BCUT2D eigenvalue weighted by Gasteiger charge is 2.20. The average Bonchev–Trinajstić information content (AvgIpc) is 3.10. The molecule has 29 heavy (non-hydrogen) atoms. The molecular weight excluding hydrogens is 394 g/mol. The summed E-state index contributed by atoms with van der Waals surface area (Å²) >= 11 is 6.03. The van der Waals surface area contributed by atoms with Crippen molar-refractivity contribution in [1.29, 1.82) is 0 Å². The van der Waals surface area contributed by atoms with Crippen molar-refractivity contribution >= 4 is 40.5 Å². The summed E-state index contributed by atoms with van der Waals surface area (Å²) in [5, 5.41) is 16.7. The summed E-state index contributed by atoms with van der Waals surface area (Å²) in [5.74, 6) is 0.0149. The van der Waals surface area contributed by atoms with Crippen LogP contribution in [0.5, 0.6) is 0 Å². The number of benzene rings is 1. The number of rotatable bonds is 5. The van der Waals surface area contributed by atoms with Crippen molar-refractivity contribution in [3.63, 3.8) is 0 Å². The number of carbonyl (C=O) groups excluding carboxylic acids is 1. The number of nitrogens with one attached hydrogen (secondary N) is 1. The van der Waals surface area contributed by atoms with Crippen molar-refractivity contribution in [2.45, 2.75) is 12.8 Å². The van der Waals surface area contributed by atoms with E-state index in [4.69, 9.17) is 23.1 Å². The zero-order valence-electron chi connectivity index (χ0n) is 15.2. The van der Waals surface area contributed by atoms with E-state index in [0.717, 1.165) is 5.69 Å². The maximum atomic E-state index is 11.3. The normalized spacial score (nSPS) is 12.1. The largest absolute Gasteiger partial charge is 0.382 e. The Balaban J connectivity index is 1.68. The summed E-state index contributed by atoms with van der Waals surface area (Å²) in [6, 6.07) is 10.9. The predicted octanol–water partition coefficient (Wildman–Crippen LogP) is 2.14. The van der Waals surface area contributed by atoms with Crippen LogP contribution in [0.3, 0.4) is 0 Å². The van der Waals surface area contributed by atoms with Crippen LogP contribution in [0.1, 0.15) is 34.8 Å². The maximum absolute atomic E-state index is 11.3. The van der Waals surface area contributed by atoms with Gasteiger partial charge in [0.2, 0.25) is 0 Å². The second kappa shape index (κ2) is 7.32. The van der Waals surface area contributed by atoms with E-state index in [1.807, 2.05) is 19.1 Å². The first kappa shape index (κ1) is 18.6. The van der Waals surface area contributed by atoms with Gasteiger partial charge in [0.15, 0.2) is 28.8 Å². The number of anilines is 3. The molecule has 11 heteroatoms. The van der Waals surface area contributed by atoms with E-state index < -0.39 is 5.91 Å². The van der Waals surface area contributed by atoms with Gasteiger partial charge >= 0.3 is 0 Å². The molecule has 3 heterocycles. The topological polar surface area (TPSA) is 150 Å². The monoisotopic (exact) mass is 409 g/mol. The zero-order valence-corrected chi connectivity index (χ0v) is 16.0. The van der Waals surface area contributed by atoms with Crippen LogP contribution in [0.15, 0.2) is 42.6 Å². The summed E-state index contributed by atoms with van der Waals surface area (Å²) < 4.78 is 1.61. The lowest BCUT2D eigenvalue weighted by atomic mass is 10.1. The average molecular weight is 410 g/mol. The Morgan fingerprint density at radius 2 is 2.07 bits per heavy atom. The molecule has 3 aromatic heterocycles. The molecule has 0 saturated carbocycles. The Kier molecular flexibility index (Phi) is 4.69. The summed E-state index contributed by atoms with van der Waals surface area (Å²) in [6.45, 7) is 1.86. The van der Waals surface area contributed by atoms with E-state index >= 15 is 0 Å². The molecular formula is C18H16ClN9O. The fourth-order valence-corrected chi connectivity index (χ4v) is 3.00. The first-order valence-corrected chi connectivity index (χ1v) is 8.97. The Hall–Kier alpha value is -3.79. The van der Waals surface area contributed by atoms with Gasteiger partial charge in [-0.05, 0) is 37.3 Å². The van der Waals surface area contributed by atoms with Crippen molar-refractivity contribution in [3.05, 3.63) is 64.8 Å². The minimum absolute atomic E-state index is 0.0352. The lowest BCUT2D eigenvalue weighted by Crippen LogP contribution is -2.18. The van der Waals surface area contributed by atoms with E-state index in [0.29, 0.717) is 28.0 Å². The van der Waals surface area contributed by atoms with Gasteiger partial charge in [-0.25, -0.2) is 9.97 Å². The lowest BCUT2D eigenvalue weighted by molar-refractivity contribution is 0.0996. The quantitative estimate of drug-likeness (QED) is 0.453. The SMILES string of the molecule is C[C@H](c1cnc(C(N)=O)c(N)n1)c1nnc2ccc(Nc3cccc(Cl)c3)nn12. The zero-order chi connectivity index (χ0) is 20.5. The first-order chi connectivity index (χ1) is 13.9. The molecule has 0 unspecified atom stereocenters. The summed E-state index contributed by atoms with van der Waals surface area (Å²) in [7, 11) is 0. The van der Waals surface area contributed by atoms with Crippen molar-refractivity contribution < 1.29 is 4.79 Å². The molecule has 0 fully saturated rings. The molecule has 0 aliphatic rings. The number of amides is 1. The third kappa shape index (κ3) is 3.65. The van der Waals surface area contributed by atoms with Gasteiger partial charge in [-0.3, -0.25) is 4.79 Å². The van der Waals surface area contributed by atoms with Gasteiger partial charge in [0.1, 0.15) is 0 Å². The number of halogens is 1. The van der Waals surface area contributed by atoms with E-state index in [9.17, 15) is 4.79 Å². The van der Waals surface area contributed by atoms with Gasteiger partial charge in [-0.2, -0.15) is 4.52 Å². The highest BCUT2D eigenvalue weighted by atomic mass is 35.5. The minimum atomic E-state index is -0.736. The number of hydrogen-bond donors (Lipinski definition) is 3. The minimum Gasteiger partial charge on any atom is -0.382 e. The van der Waals surface area contributed by atoms with E-state index in [2.05, 4.69) is 30.6 Å². The van der Waals surface area contributed by atoms with Crippen molar-refractivity contribution in [1.82, 2.24) is 29.8 Å². The molecule has 1 aromatic carbocycles. The standard InChI is InChI=1S/C18H16ClN9O/c1-9(12-8-22-15(17(21)29)16(20)24-12)18-26-25-14-6-5-13(27-28(14)18)23-11-4-2-3-10(19)7-11/h2-9H,1H3,(H2,20,24)(H2,21,29)(H,23,27)/t9-/m1/s1. The molecule has 1 amide bonds. The van der Waals surface area contributed by atoms with Crippen LogP contribution in [0.4, 0.5) is 17.3 Å². The molecule has 10 nitrogen and oxygen atoms in total. The molecule has 0 bridgehead atoms. The number of aromatic nitrogens is 6. The molecule has 0 aliphatic carbocycles. The van der Waals surface area contributed by atoms with Crippen LogP contribution in [-0.4, -0.2) is 35.7 Å².